The summed E-state index contributed by atoms with van der Waals surface area (Å²) in [6.45, 7) is 0. The van der Waals surface area contributed by atoms with E-state index in [1.165, 1.54) is 37.5 Å². The largest absolute Gasteiger partial charge is 0.465 e. The summed E-state index contributed by atoms with van der Waals surface area (Å²) >= 11 is 0. The van der Waals surface area contributed by atoms with Gasteiger partial charge in [0.15, 0.2) is 0 Å². The Morgan fingerprint density at radius 1 is 1.10 bits per heavy atom. The van der Waals surface area contributed by atoms with Gasteiger partial charge in [0.05, 0.1) is 23.9 Å². The Morgan fingerprint density at radius 3 is 2.55 bits per heavy atom. The molecule has 0 atom stereocenters. The molecule has 0 unspecified atom stereocenters. The zero-order chi connectivity index (χ0) is 20.8. The Morgan fingerprint density at radius 2 is 1.83 bits per heavy atom. The minimum Gasteiger partial charge on any atom is -0.465 e. The molecular weight excluding hydrogens is 375 g/mol. The van der Waals surface area contributed by atoms with Gasteiger partial charge in [-0.3, -0.25) is 4.79 Å². The molecule has 7 heteroatoms. The Labute approximate surface area is 165 Å². The first-order chi connectivity index (χ1) is 14.0. The third-order valence-corrected chi connectivity index (χ3v) is 4.00. The number of rotatable bonds is 5. The van der Waals surface area contributed by atoms with Crippen LogP contribution in [0.4, 0.5) is 10.1 Å². The van der Waals surface area contributed by atoms with Crippen LogP contribution in [0.3, 0.4) is 0 Å². The number of para-hydroxylation sites is 1. The minimum atomic E-state index is -0.729. The number of methoxy groups -OCH3 is 1. The normalized spacial score (nSPS) is 10.9. The van der Waals surface area contributed by atoms with Crippen LogP contribution >= 0.6 is 0 Å². The predicted octanol–water partition coefficient (Wildman–Crippen LogP) is 4.42. The first-order valence-electron chi connectivity index (χ1n) is 8.48. The van der Waals surface area contributed by atoms with E-state index in [0.717, 1.165) is 0 Å². The number of furan rings is 1. The third-order valence-electron chi connectivity index (χ3n) is 4.00. The van der Waals surface area contributed by atoms with Crippen LogP contribution in [0.1, 0.15) is 16.1 Å². The molecule has 0 aliphatic rings. The van der Waals surface area contributed by atoms with Crippen LogP contribution in [0, 0.1) is 17.1 Å². The second kappa shape index (κ2) is 8.67. The third kappa shape index (κ3) is 4.39. The average molecular weight is 390 g/mol. The Bertz CT molecular complexity index is 1140. The molecule has 0 aliphatic carbocycles. The van der Waals surface area contributed by atoms with E-state index in [1.807, 2.05) is 0 Å². The molecule has 1 heterocycles. The fourth-order valence-corrected chi connectivity index (χ4v) is 2.60. The summed E-state index contributed by atoms with van der Waals surface area (Å²) in [6.07, 6.45) is 1.24. The van der Waals surface area contributed by atoms with Crippen molar-refractivity contribution >= 4 is 23.6 Å². The molecule has 1 N–H and O–H groups in total. The zero-order valence-corrected chi connectivity index (χ0v) is 15.3. The summed E-state index contributed by atoms with van der Waals surface area (Å²) in [4.78, 5) is 24.3. The van der Waals surface area contributed by atoms with Crippen LogP contribution in [0.15, 0.2) is 70.7 Å². The molecule has 0 spiro atoms. The van der Waals surface area contributed by atoms with E-state index in [1.54, 1.807) is 42.5 Å². The van der Waals surface area contributed by atoms with Gasteiger partial charge in [0, 0.05) is 6.08 Å². The van der Waals surface area contributed by atoms with E-state index in [0.29, 0.717) is 0 Å². The Balaban J connectivity index is 1.85. The number of ether oxygens (including phenoxy) is 1. The molecule has 144 valence electrons. The van der Waals surface area contributed by atoms with Gasteiger partial charge in [0.1, 0.15) is 29.0 Å². The van der Waals surface area contributed by atoms with Gasteiger partial charge in [-0.2, -0.15) is 5.26 Å². The Kier molecular flexibility index (Phi) is 5.85. The van der Waals surface area contributed by atoms with Crippen molar-refractivity contribution in [3.8, 4) is 17.4 Å². The van der Waals surface area contributed by atoms with Gasteiger partial charge in [0.2, 0.25) is 0 Å². The highest BCUT2D eigenvalue weighted by molar-refractivity contribution is 6.11. The van der Waals surface area contributed by atoms with Crippen molar-refractivity contribution in [2.45, 2.75) is 0 Å². The molecule has 1 amide bonds. The van der Waals surface area contributed by atoms with Crippen molar-refractivity contribution in [3.63, 3.8) is 0 Å². The van der Waals surface area contributed by atoms with Crippen molar-refractivity contribution in [1.82, 2.24) is 0 Å². The lowest BCUT2D eigenvalue weighted by Gasteiger charge is -2.08. The molecule has 6 nitrogen and oxygen atoms in total. The lowest BCUT2D eigenvalue weighted by atomic mass is 10.1. The molecule has 0 radical (unpaired) electrons. The highest BCUT2D eigenvalue weighted by Crippen LogP contribution is 2.26. The van der Waals surface area contributed by atoms with E-state index < -0.39 is 17.7 Å². The number of hydrogen-bond donors (Lipinski definition) is 1. The van der Waals surface area contributed by atoms with Crippen molar-refractivity contribution in [3.05, 3.63) is 83.4 Å². The maximum Gasteiger partial charge on any atom is 0.339 e. The number of anilines is 1. The molecule has 0 bridgehead atoms. The van der Waals surface area contributed by atoms with Crippen LogP contribution < -0.4 is 5.32 Å². The molecule has 29 heavy (non-hydrogen) atoms. The second-order valence-corrected chi connectivity index (χ2v) is 5.84. The van der Waals surface area contributed by atoms with E-state index in [-0.39, 0.29) is 33.9 Å². The smallest absolute Gasteiger partial charge is 0.339 e. The SMILES string of the molecule is COC(=O)c1ccccc1NC(=O)/C(C#N)=C/c1ccc(-c2ccccc2F)o1. The summed E-state index contributed by atoms with van der Waals surface area (Å²) < 4.78 is 24.1. The number of carbonyl (C=O) groups excluding carboxylic acids is 2. The van der Waals surface area contributed by atoms with Gasteiger partial charge >= 0.3 is 5.97 Å². The van der Waals surface area contributed by atoms with Gasteiger partial charge in [-0.1, -0.05) is 24.3 Å². The van der Waals surface area contributed by atoms with Crippen molar-refractivity contribution in [1.29, 1.82) is 5.26 Å². The molecule has 1 aromatic heterocycles. The number of nitrogens with one attached hydrogen (secondary N) is 1. The highest BCUT2D eigenvalue weighted by atomic mass is 19.1. The maximum absolute atomic E-state index is 13.9. The minimum absolute atomic E-state index is 0.153. The molecule has 0 saturated carbocycles. The molecular formula is C22H15FN2O4. The van der Waals surface area contributed by atoms with Crippen molar-refractivity contribution < 1.29 is 23.1 Å². The summed E-state index contributed by atoms with van der Waals surface area (Å²) in [7, 11) is 1.23. The number of hydrogen-bond acceptors (Lipinski definition) is 5. The Hall–Kier alpha value is -4.18. The zero-order valence-electron chi connectivity index (χ0n) is 15.3. The summed E-state index contributed by atoms with van der Waals surface area (Å²) in [5.41, 5.74) is 0.374. The predicted molar refractivity (Wildman–Crippen MR) is 104 cm³/mol. The van der Waals surface area contributed by atoms with Gasteiger partial charge in [-0.15, -0.1) is 0 Å². The summed E-state index contributed by atoms with van der Waals surface area (Å²) in [5, 5.41) is 11.9. The van der Waals surface area contributed by atoms with Crippen LogP contribution in [-0.4, -0.2) is 19.0 Å². The van der Waals surface area contributed by atoms with Crippen LogP contribution in [0.5, 0.6) is 0 Å². The lowest BCUT2D eigenvalue weighted by molar-refractivity contribution is -0.112. The quantitative estimate of drug-likeness (QED) is 0.396. The maximum atomic E-state index is 13.9. The molecule has 0 fully saturated rings. The first kappa shape index (κ1) is 19.6. The average Bonchev–Trinajstić information content (AvgIpc) is 3.20. The fourth-order valence-electron chi connectivity index (χ4n) is 2.60. The number of amides is 1. The van der Waals surface area contributed by atoms with Crippen LogP contribution in [-0.2, 0) is 9.53 Å². The van der Waals surface area contributed by atoms with Gasteiger partial charge in [-0.05, 0) is 36.4 Å². The molecule has 2 aromatic carbocycles. The number of nitriles is 1. The van der Waals surface area contributed by atoms with Crippen molar-refractivity contribution in [2.24, 2.45) is 0 Å². The molecule has 3 aromatic rings. The standard InChI is InChI=1S/C22H15FN2O4/c1-28-22(27)17-7-3-5-9-19(17)25-21(26)14(13-24)12-15-10-11-20(29-15)16-6-2-4-8-18(16)23/h2-12H,1H3,(H,25,26)/b14-12+. The number of benzene rings is 2. The van der Waals surface area contributed by atoms with Crippen LogP contribution in [0.2, 0.25) is 0 Å². The lowest BCUT2D eigenvalue weighted by Crippen LogP contribution is -2.16. The number of nitrogens with zero attached hydrogens (tertiary/aromatic N) is 1. The number of carbonyl (C=O) groups is 2. The monoisotopic (exact) mass is 390 g/mol. The topological polar surface area (TPSA) is 92.3 Å². The van der Waals surface area contributed by atoms with Gasteiger partial charge < -0.3 is 14.5 Å². The molecule has 0 saturated heterocycles. The van der Waals surface area contributed by atoms with Gasteiger partial charge in [-0.25, -0.2) is 9.18 Å². The fraction of sp³-hybridized carbons (Fsp3) is 0.0455. The van der Waals surface area contributed by atoms with E-state index >= 15 is 0 Å². The van der Waals surface area contributed by atoms with E-state index in [4.69, 9.17) is 4.42 Å². The summed E-state index contributed by atoms with van der Waals surface area (Å²) in [6, 6.07) is 17.2. The first-order valence-corrected chi connectivity index (χ1v) is 8.48. The second-order valence-electron chi connectivity index (χ2n) is 5.84. The molecule has 3 rings (SSSR count). The number of esters is 1. The molecule has 0 aliphatic heterocycles. The highest BCUT2D eigenvalue weighted by Gasteiger charge is 2.16. The van der Waals surface area contributed by atoms with Crippen molar-refractivity contribution in [2.75, 3.05) is 12.4 Å². The van der Waals surface area contributed by atoms with Crippen LogP contribution in [0.25, 0.3) is 17.4 Å². The summed E-state index contributed by atoms with van der Waals surface area (Å²) in [5.74, 6) is -1.33. The number of halogens is 1. The van der Waals surface area contributed by atoms with E-state index in [2.05, 4.69) is 10.1 Å². The van der Waals surface area contributed by atoms with E-state index in [9.17, 15) is 19.2 Å². The van der Waals surface area contributed by atoms with Gasteiger partial charge in [0.25, 0.3) is 5.91 Å².